The van der Waals surface area contributed by atoms with Crippen LogP contribution >= 0.6 is 0 Å². The van der Waals surface area contributed by atoms with Gasteiger partial charge in [-0.1, -0.05) is 17.7 Å². The van der Waals surface area contributed by atoms with Crippen LogP contribution in [0.15, 0.2) is 29.3 Å². The van der Waals surface area contributed by atoms with Gasteiger partial charge in [-0.05, 0) is 51.7 Å². The first-order chi connectivity index (χ1) is 12.7. The molecule has 0 amide bonds. The van der Waals surface area contributed by atoms with E-state index >= 15 is 0 Å². The summed E-state index contributed by atoms with van der Waals surface area (Å²) in [4.78, 5) is 7.26. The van der Waals surface area contributed by atoms with E-state index in [1.54, 1.807) is 0 Å². The fourth-order valence-corrected chi connectivity index (χ4v) is 3.74. The normalized spacial score (nSPS) is 23.0. The van der Waals surface area contributed by atoms with Crippen molar-refractivity contribution < 1.29 is 9.47 Å². The van der Waals surface area contributed by atoms with E-state index in [1.807, 2.05) is 12.1 Å². The van der Waals surface area contributed by atoms with Crippen LogP contribution in [0.3, 0.4) is 0 Å². The van der Waals surface area contributed by atoms with Crippen molar-refractivity contribution >= 4 is 5.96 Å². The average molecular weight is 360 g/mol. The highest BCUT2D eigenvalue weighted by atomic mass is 16.5. The molecular formula is C21H33N3O2. The van der Waals surface area contributed by atoms with E-state index in [-0.39, 0.29) is 0 Å². The Hall–Kier alpha value is -1.75. The van der Waals surface area contributed by atoms with Gasteiger partial charge in [-0.25, -0.2) is 0 Å². The van der Waals surface area contributed by atoms with E-state index in [0.717, 1.165) is 70.6 Å². The molecule has 1 unspecified atom stereocenters. The Kier molecular flexibility index (Phi) is 6.78. The largest absolute Gasteiger partial charge is 0.494 e. The second-order valence-electron chi connectivity index (χ2n) is 7.58. The SMILES string of the molecule is CCNC(=NCCCCOc1ccc(C)cc1)N1CCC2(CCOC2)C1. The summed E-state index contributed by atoms with van der Waals surface area (Å²) < 4.78 is 11.4. The van der Waals surface area contributed by atoms with Gasteiger partial charge in [-0.3, -0.25) is 4.99 Å². The van der Waals surface area contributed by atoms with Gasteiger partial charge in [0.25, 0.3) is 0 Å². The van der Waals surface area contributed by atoms with Gasteiger partial charge in [0.05, 0.1) is 13.2 Å². The summed E-state index contributed by atoms with van der Waals surface area (Å²) in [6, 6.07) is 8.24. The lowest BCUT2D eigenvalue weighted by Gasteiger charge is -2.25. The molecule has 2 heterocycles. The van der Waals surface area contributed by atoms with Gasteiger partial charge >= 0.3 is 0 Å². The first kappa shape index (κ1) is 19.0. The van der Waals surface area contributed by atoms with Crippen LogP contribution in [0.5, 0.6) is 5.75 Å². The molecule has 2 fully saturated rings. The molecule has 2 aliphatic rings. The second-order valence-corrected chi connectivity index (χ2v) is 7.58. The third kappa shape index (κ3) is 5.13. The minimum Gasteiger partial charge on any atom is -0.494 e. The van der Waals surface area contributed by atoms with Crippen molar-refractivity contribution in [3.63, 3.8) is 0 Å². The number of hydrogen-bond acceptors (Lipinski definition) is 3. The smallest absolute Gasteiger partial charge is 0.193 e. The van der Waals surface area contributed by atoms with Gasteiger partial charge in [0.15, 0.2) is 5.96 Å². The van der Waals surface area contributed by atoms with Crippen molar-refractivity contribution in [2.45, 2.75) is 39.5 Å². The summed E-state index contributed by atoms with van der Waals surface area (Å²) in [6.45, 7) is 10.7. The van der Waals surface area contributed by atoms with Crippen molar-refractivity contribution in [1.82, 2.24) is 10.2 Å². The Morgan fingerprint density at radius 3 is 2.85 bits per heavy atom. The minimum absolute atomic E-state index is 0.373. The summed E-state index contributed by atoms with van der Waals surface area (Å²) in [5, 5.41) is 3.46. The average Bonchev–Trinajstić information content (AvgIpc) is 3.29. The highest BCUT2D eigenvalue weighted by molar-refractivity contribution is 5.80. The van der Waals surface area contributed by atoms with Gasteiger partial charge in [-0.15, -0.1) is 0 Å². The van der Waals surface area contributed by atoms with Gasteiger partial charge < -0.3 is 19.7 Å². The molecule has 0 aromatic heterocycles. The maximum atomic E-state index is 5.79. The first-order valence-corrected chi connectivity index (χ1v) is 10.0. The maximum Gasteiger partial charge on any atom is 0.193 e. The molecule has 1 aromatic carbocycles. The first-order valence-electron chi connectivity index (χ1n) is 10.0. The molecule has 2 saturated heterocycles. The third-order valence-electron chi connectivity index (χ3n) is 5.36. The number of unbranched alkanes of at least 4 members (excludes halogenated alkanes) is 1. The molecule has 1 atom stereocenters. The number of nitrogens with one attached hydrogen (secondary N) is 1. The zero-order chi connectivity index (χ0) is 18.2. The molecule has 26 heavy (non-hydrogen) atoms. The number of guanidine groups is 1. The van der Waals surface area contributed by atoms with E-state index in [4.69, 9.17) is 14.5 Å². The monoisotopic (exact) mass is 359 g/mol. The van der Waals surface area contributed by atoms with Crippen LogP contribution in [0.1, 0.15) is 38.2 Å². The van der Waals surface area contributed by atoms with Crippen molar-refractivity contribution in [2.24, 2.45) is 10.4 Å². The van der Waals surface area contributed by atoms with E-state index in [2.05, 4.69) is 36.2 Å². The van der Waals surface area contributed by atoms with Gasteiger partial charge in [0, 0.05) is 38.2 Å². The second kappa shape index (κ2) is 9.26. The maximum absolute atomic E-state index is 5.79. The molecule has 1 spiro atoms. The highest BCUT2D eigenvalue weighted by Gasteiger charge is 2.42. The van der Waals surface area contributed by atoms with Gasteiger partial charge in [-0.2, -0.15) is 0 Å². The number of aliphatic imine (C=N–C) groups is 1. The van der Waals surface area contributed by atoms with Crippen molar-refractivity contribution in [3.8, 4) is 5.75 Å². The summed E-state index contributed by atoms with van der Waals surface area (Å²) in [7, 11) is 0. The number of likely N-dealkylation sites (tertiary alicyclic amines) is 1. The molecule has 1 aromatic rings. The molecule has 5 nitrogen and oxygen atoms in total. The lowest BCUT2D eigenvalue weighted by Crippen LogP contribution is -2.41. The Balaban J connectivity index is 1.39. The molecule has 5 heteroatoms. The molecule has 0 bridgehead atoms. The van der Waals surface area contributed by atoms with Gasteiger partial charge in [0.2, 0.25) is 0 Å². The lowest BCUT2D eigenvalue weighted by atomic mass is 9.87. The summed E-state index contributed by atoms with van der Waals surface area (Å²) in [5.41, 5.74) is 1.63. The van der Waals surface area contributed by atoms with E-state index in [1.165, 1.54) is 18.4 Å². The zero-order valence-electron chi connectivity index (χ0n) is 16.3. The third-order valence-corrected chi connectivity index (χ3v) is 5.36. The Labute approximate surface area is 157 Å². The van der Waals surface area contributed by atoms with Crippen LogP contribution < -0.4 is 10.1 Å². The topological polar surface area (TPSA) is 46.1 Å². The molecule has 3 rings (SSSR count). The Morgan fingerprint density at radius 1 is 1.27 bits per heavy atom. The van der Waals surface area contributed by atoms with Gasteiger partial charge in [0.1, 0.15) is 5.75 Å². The van der Waals surface area contributed by atoms with Crippen LogP contribution in [-0.2, 0) is 4.74 Å². The summed E-state index contributed by atoms with van der Waals surface area (Å²) >= 11 is 0. The molecule has 144 valence electrons. The predicted octanol–water partition coefficient (Wildman–Crippen LogP) is 3.23. The fraction of sp³-hybridized carbons (Fsp3) is 0.667. The van der Waals surface area contributed by atoms with E-state index < -0.39 is 0 Å². The van der Waals surface area contributed by atoms with E-state index in [0.29, 0.717) is 5.41 Å². The quantitative estimate of drug-likeness (QED) is 0.461. The standard InChI is InChI=1S/C21H33N3O2/c1-3-22-20(24-13-10-21(16-24)11-15-25-17-21)23-12-4-5-14-26-19-8-6-18(2)7-9-19/h6-9H,3-5,10-17H2,1-2H3,(H,22,23). The van der Waals surface area contributed by atoms with Crippen LogP contribution in [0.2, 0.25) is 0 Å². The number of aryl methyl sites for hydroxylation is 1. The molecular weight excluding hydrogens is 326 g/mol. The minimum atomic E-state index is 0.373. The Morgan fingerprint density at radius 2 is 2.12 bits per heavy atom. The highest BCUT2D eigenvalue weighted by Crippen LogP contribution is 2.38. The summed E-state index contributed by atoms with van der Waals surface area (Å²) in [5.74, 6) is 2.02. The zero-order valence-corrected chi connectivity index (χ0v) is 16.3. The number of nitrogens with zero attached hydrogens (tertiary/aromatic N) is 2. The predicted molar refractivity (Wildman–Crippen MR) is 106 cm³/mol. The van der Waals surface area contributed by atoms with Crippen molar-refractivity contribution in [2.75, 3.05) is 46.0 Å². The van der Waals surface area contributed by atoms with Crippen LogP contribution in [0.4, 0.5) is 0 Å². The molecule has 0 aliphatic carbocycles. The van der Waals surface area contributed by atoms with Crippen molar-refractivity contribution in [1.29, 1.82) is 0 Å². The van der Waals surface area contributed by atoms with Crippen LogP contribution in [0, 0.1) is 12.3 Å². The molecule has 0 radical (unpaired) electrons. The summed E-state index contributed by atoms with van der Waals surface area (Å²) in [6.07, 6.45) is 4.48. The molecule has 0 saturated carbocycles. The Bertz CT molecular complexity index is 579. The van der Waals surface area contributed by atoms with Crippen LogP contribution in [-0.4, -0.2) is 56.9 Å². The lowest BCUT2D eigenvalue weighted by molar-refractivity contribution is 0.156. The number of hydrogen-bond donors (Lipinski definition) is 1. The molecule has 1 N–H and O–H groups in total. The van der Waals surface area contributed by atoms with E-state index in [9.17, 15) is 0 Å². The van der Waals surface area contributed by atoms with Crippen molar-refractivity contribution in [3.05, 3.63) is 29.8 Å². The molecule has 2 aliphatic heterocycles. The van der Waals surface area contributed by atoms with Crippen LogP contribution in [0.25, 0.3) is 0 Å². The number of benzene rings is 1. The number of rotatable bonds is 7. The fourth-order valence-electron chi connectivity index (χ4n) is 3.74. The number of ether oxygens (including phenoxy) is 2.